The molecule has 9 nitrogen and oxygen atoms in total. The summed E-state index contributed by atoms with van der Waals surface area (Å²) in [6.07, 6.45) is 6.74. The van der Waals surface area contributed by atoms with Gasteiger partial charge in [-0.3, -0.25) is 9.78 Å². The third-order valence-electron chi connectivity index (χ3n) is 6.58. The van der Waals surface area contributed by atoms with Crippen LogP contribution in [0.15, 0.2) is 55.0 Å². The molecule has 1 aromatic carbocycles. The van der Waals surface area contributed by atoms with E-state index < -0.39 is 17.6 Å². The van der Waals surface area contributed by atoms with Gasteiger partial charge < -0.3 is 26.6 Å². The summed E-state index contributed by atoms with van der Waals surface area (Å²) in [6.45, 7) is 0. The fourth-order valence-electron chi connectivity index (χ4n) is 4.77. The lowest BCUT2D eigenvalue weighted by atomic mass is 9.83. The Kier molecular flexibility index (Phi) is 5.53. The first-order valence-corrected chi connectivity index (χ1v) is 11.0. The number of ether oxygens (including phenoxy) is 1. The number of rotatable bonds is 4. The minimum atomic E-state index is -0.991. The first-order valence-electron chi connectivity index (χ1n) is 11.0. The van der Waals surface area contributed by atoms with E-state index in [0.717, 1.165) is 24.0 Å². The van der Waals surface area contributed by atoms with E-state index >= 15 is 0 Å². The second-order valence-corrected chi connectivity index (χ2v) is 8.61. The predicted octanol–water partition coefficient (Wildman–Crippen LogP) is 2.45. The van der Waals surface area contributed by atoms with Crippen molar-refractivity contribution >= 4 is 17.4 Å². The van der Waals surface area contributed by atoms with Crippen LogP contribution in [0.4, 0.5) is 11.5 Å². The van der Waals surface area contributed by atoms with E-state index in [2.05, 4.69) is 20.3 Å². The lowest BCUT2D eigenvalue weighted by molar-refractivity contribution is -0.171. The number of hydrogen-bond acceptors (Lipinski definition) is 8. The normalized spacial score (nSPS) is 26.5. The van der Waals surface area contributed by atoms with E-state index in [1.54, 1.807) is 18.5 Å². The monoisotopic (exact) mass is 446 g/mol. The number of pyridine rings is 1. The summed E-state index contributed by atoms with van der Waals surface area (Å²) in [5.74, 6) is -0.464. The molecule has 170 valence electrons. The lowest BCUT2D eigenvalue weighted by Crippen LogP contribution is -2.58. The summed E-state index contributed by atoms with van der Waals surface area (Å²) in [7, 11) is 0. The fraction of sp³-hybridized carbons (Fsp3) is 0.333. The third-order valence-corrected chi connectivity index (χ3v) is 6.58. The molecule has 5 rings (SSSR count). The van der Waals surface area contributed by atoms with E-state index in [1.807, 2.05) is 30.3 Å². The average Bonchev–Trinajstić information content (AvgIpc) is 3.22. The van der Waals surface area contributed by atoms with Crippen LogP contribution in [0.3, 0.4) is 0 Å². The van der Waals surface area contributed by atoms with Crippen LogP contribution in [0.5, 0.6) is 0 Å². The van der Waals surface area contributed by atoms with E-state index in [1.165, 1.54) is 6.20 Å². The van der Waals surface area contributed by atoms with Gasteiger partial charge in [0.15, 0.2) is 11.5 Å². The van der Waals surface area contributed by atoms with E-state index in [4.69, 9.17) is 16.2 Å². The Hall–Kier alpha value is -3.40. The molecule has 1 saturated carbocycles. The van der Waals surface area contributed by atoms with Crippen molar-refractivity contribution in [3.63, 3.8) is 0 Å². The molecule has 1 amide bonds. The molecule has 0 spiro atoms. The van der Waals surface area contributed by atoms with Gasteiger partial charge in [-0.15, -0.1) is 0 Å². The number of aliphatic hydroxyl groups is 1. The van der Waals surface area contributed by atoms with Crippen LogP contribution >= 0.6 is 0 Å². The maximum absolute atomic E-state index is 13.1. The summed E-state index contributed by atoms with van der Waals surface area (Å²) in [4.78, 5) is 25.9. The van der Waals surface area contributed by atoms with Gasteiger partial charge in [-0.25, -0.2) is 9.97 Å². The van der Waals surface area contributed by atoms with Gasteiger partial charge in [0.1, 0.15) is 5.60 Å². The summed E-state index contributed by atoms with van der Waals surface area (Å²) >= 11 is 0. The van der Waals surface area contributed by atoms with Gasteiger partial charge in [-0.2, -0.15) is 0 Å². The van der Waals surface area contributed by atoms with Crippen LogP contribution in [0, 0.1) is 0 Å². The highest BCUT2D eigenvalue weighted by molar-refractivity contribution is 6.06. The first kappa shape index (κ1) is 21.4. The van der Waals surface area contributed by atoms with Crippen LogP contribution in [0.2, 0.25) is 0 Å². The maximum Gasteiger partial charge on any atom is 0.278 e. The highest BCUT2D eigenvalue weighted by Crippen LogP contribution is 2.45. The molecule has 2 aliphatic rings. The standard InChI is InChI=1S/C24H26N6O3/c25-19-11-18(33-20-7-4-9-24(19,20)32)15-8-10-27-12-17(15)30-23(31)21-22(26)28-13-16(29-21)14-5-2-1-3-6-14/h1-3,5-6,8,10,12-13,18-20,32H,4,7,9,11,25H2,(H2,26,28)(H,30,31)/t18-,19-,20-,24+/m0/s1. The molecule has 2 aromatic heterocycles. The Bertz CT molecular complexity index is 1170. The van der Waals surface area contributed by atoms with Crippen molar-refractivity contribution in [2.75, 3.05) is 11.1 Å². The van der Waals surface area contributed by atoms with Crippen LogP contribution < -0.4 is 16.8 Å². The van der Waals surface area contributed by atoms with Crippen molar-refractivity contribution in [3.8, 4) is 11.3 Å². The number of nitrogens with two attached hydrogens (primary N) is 2. The summed E-state index contributed by atoms with van der Waals surface area (Å²) in [5, 5.41) is 13.8. The number of nitrogens with zero attached hydrogens (tertiary/aromatic N) is 3. The molecule has 4 atom stereocenters. The van der Waals surface area contributed by atoms with Gasteiger partial charge >= 0.3 is 0 Å². The van der Waals surface area contributed by atoms with E-state index in [-0.39, 0.29) is 23.7 Å². The molecule has 1 saturated heterocycles. The van der Waals surface area contributed by atoms with Crippen LogP contribution in [0.25, 0.3) is 11.3 Å². The van der Waals surface area contributed by atoms with E-state index in [9.17, 15) is 9.90 Å². The number of benzene rings is 1. The predicted molar refractivity (Wildman–Crippen MR) is 123 cm³/mol. The molecule has 0 bridgehead atoms. The fourth-order valence-corrected chi connectivity index (χ4v) is 4.77. The average molecular weight is 447 g/mol. The first-order chi connectivity index (χ1) is 16.0. The number of fused-ring (bicyclic) bond motifs is 1. The topological polar surface area (TPSA) is 149 Å². The Morgan fingerprint density at radius 2 is 2.03 bits per heavy atom. The maximum atomic E-state index is 13.1. The molecule has 3 heterocycles. The summed E-state index contributed by atoms with van der Waals surface area (Å²) < 4.78 is 6.24. The SMILES string of the molecule is Nc1ncc(-c2ccccc2)nc1C(=O)Nc1cnccc1[C@@H]1C[C@H](N)[C@]2(O)CCC[C@@H]2O1. The number of aromatic nitrogens is 3. The number of nitrogens with one attached hydrogen (secondary N) is 1. The van der Waals surface area contributed by atoms with Crippen molar-refractivity contribution in [1.29, 1.82) is 0 Å². The molecular weight excluding hydrogens is 420 g/mol. The van der Waals surface area contributed by atoms with Crippen molar-refractivity contribution in [1.82, 2.24) is 15.0 Å². The highest BCUT2D eigenvalue weighted by Gasteiger charge is 2.51. The van der Waals surface area contributed by atoms with Gasteiger partial charge in [0.05, 0.1) is 36.0 Å². The zero-order valence-electron chi connectivity index (χ0n) is 18.0. The molecule has 33 heavy (non-hydrogen) atoms. The number of nitrogen functional groups attached to an aromatic ring is 1. The Balaban J connectivity index is 1.41. The number of anilines is 2. The molecule has 6 N–H and O–H groups in total. The van der Waals surface area contributed by atoms with Gasteiger partial charge in [-0.05, 0) is 31.7 Å². The van der Waals surface area contributed by atoms with Crippen LogP contribution in [-0.2, 0) is 4.74 Å². The summed E-state index contributed by atoms with van der Waals surface area (Å²) in [6, 6.07) is 10.8. The Morgan fingerprint density at radius 3 is 2.85 bits per heavy atom. The molecule has 0 radical (unpaired) electrons. The van der Waals surface area contributed by atoms with Gasteiger partial charge in [0.2, 0.25) is 0 Å². The minimum absolute atomic E-state index is 0.0255. The van der Waals surface area contributed by atoms with Gasteiger partial charge in [-0.1, -0.05) is 30.3 Å². The quantitative estimate of drug-likeness (QED) is 0.477. The number of carbonyl (C=O) groups is 1. The largest absolute Gasteiger partial charge is 0.386 e. The molecular formula is C24H26N6O3. The summed E-state index contributed by atoms with van der Waals surface area (Å²) in [5.41, 5.74) is 14.0. The van der Waals surface area contributed by atoms with Gasteiger partial charge in [0.25, 0.3) is 5.91 Å². The van der Waals surface area contributed by atoms with Crippen LogP contribution in [0.1, 0.15) is 47.8 Å². The number of hydrogen-bond donors (Lipinski definition) is 4. The highest BCUT2D eigenvalue weighted by atomic mass is 16.5. The van der Waals surface area contributed by atoms with E-state index in [0.29, 0.717) is 24.2 Å². The molecule has 3 aromatic rings. The number of carbonyl (C=O) groups excluding carboxylic acids is 1. The van der Waals surface area contributed by atoms with Crippen molar-refractivity contribution in [2.45, 2.75) is 49.5 Å². The molecule has 9 heteroatoms. The van der Waals surface area contributed by atoms with Crippen molar-refractivity contribution in [2.24, 2.45) is 5.73 Å². The zero-order valence-corrected chi connectivity index (χ0v) is 18.0. The van der Waals surface area contributed by atoms with Crippen LogP contribution in [-0.4, -0.2) is 43.7 Å². The second-order valence-electron chi connectivity index (χ2n) is 8.61. The molecule has 2 fully saturated rings. The molecule has 1 aliphatic heterocycles. The molecule has 1 aliphatic carbocycles. The zero-order chi connectivity index (χ0) is 23.0. The van der Waals surface area contributed by atoms with Gasteiger partial charge in [0, 0.05) is 23.4 Å². The molecule has 0 unspecified atom stereocenters. The Labute approximate surface area is 191 Å². The van der Waals surface area contributed by atoms with Crippen molar-refractivity contribution < 1.29 is 14.6 Å². The third kappa shape index (κ3) is 3.95. The lowest BCUT2D eigenvalue weighted by Gasteiger charge is -2.43. The smallest absolute Gasteiger partial charge is 0.278 e. The van der Waals surface area contributed by atoms with Crippen molar-refractivity contribution in [3.05, 3.63) is 66.2 Å². The minimum Gasteiger partial charge on any atom is -0.386 e. The Morgan fingerprint density at radius 1 is 1.21 bits per heavy atom. The second kappa shape index (κ2) is 8.51. The number of amides is 1.